The van der Waals surface area contributed by atoms with Gasteiger partial charge in [-0.05, 0) is 51.7 Å². The third-order valence-electron chi connectivity index (χ3n) is 4.83. The van der Waals surface area contributed by atoms with Gasteiger partial charge < -0.3 is 10.5 Å². The molecule has 1 heterocycles. The summed E-state index contributed by atoms with van der Waals surface area (Å²) in [6.07, 6.45) is 2.99. The zero-order chi connectivity index (χ0) is 16.6. The molecule has 3 rings (SSSR count). The minimum Gasteiger partial charge on any atom is -0.380 e. The summed E-state index contributed by atoms with van der Waals surface area (Å²) in [5.41, 5.74) is 9.74. The SMILES string of the molecule is CO[C@@H]1C[C@@H](c2nc(C)nn2-c2ccc(C)cc2C)CC[C@H]1N. The Morgan fingerprint density at radius 1 is 1.22 bits per heavy atom. The van der Waals surface area contributed by atoms with Gasteiger partial charge in [-0.1, -0.05) is 17.7 Å². The fourth-order valence-corrected chi connectivity index (χ4v) is 3.57. The summed E-state index contributed by atoms with van der Waals surface area (Å²) in [6.45, 7) is 6.18. The summed E-state index contributed by atoms with van der Waals surface area (Å²) in [5, 5.41) is 4.65. The van der Waals surface area contributed by atoms with Gasteiger partial charge in [-0.25, -0.2) is 9.67 Å². The van der Waals surface area contributed by atoms with E-state index >= 15 is 0 Å². The van der Waals surface area contributed by atoms with Gasteiger partial charge in [0.15, 0.2) is 0 Å². The van der Waals surface area contributed by atoms with Crippen molar-refractivity contribution >= 4 is 0 Å². The number of aryl methyl sites for hydroxylation is 3. The van der Waals surface area contributed by atoms with E-state index in [9.17, 15) is 0 Å². The van der Waals surface area contributed by atoms with Crippen molar-refractivity contribution < 1.29 is 4.74 Å². The van der Waals surface area contributed by atoms with Gasteiger partial charge in [0.05, 0.1) is 11.8 Å². The molecule has 5 nitrogen and oxygen atoms in total. The molecule has 0 aliphatic heterocycles. The van der Waals surface area contributed by atoms with E-state index in [2.05, 4.69) is 37.1 Å². The normalized spacial score (nSPS) is 24.8. The van der Waals surface area contributed by atoms with Crippen LogP contribution in [0.3, 0.4) is 0 Å². The molecule has 0 unspecified atom stereocenters. The second-order valence-corrected chi connectivity index (χ2v) is 6.67. The highest BCUT2D eigenvalue weighted by Crippen LogP contribution is 2.34. The Hall–Kier alpha value is -1.72. The third-order valence-corrected chi connectivity index (χ3v) is 4.83. The predicted octanol–water partition coefficient (Wildman–Crippen LogP) is 2.80. The molecule has 0 bridgehead atoms. The monoisotopic (exact) mass is 314 g/mol. The van der Waals surface area contributed by atoms with Gasteiger partial charge >= 0.3 is 0 Å². The van der Waals surface area contributed by atoms with Crippen molar-refractivity contribution in [3.05, 3.63) is 41.0 Å². The Morgan fingerprint density at radius 2 is 2.00 bits per heavy atom. The Balaban J connectivity index is 1.98. The molecular weight excluding hydrogens is 288 g/mol. The summed E-state index contributed by atoms with van der Waals surface area (Å²) < 4.78 is 7.58. The molecule has 0 radical (unpaired) electrons. The summed E-state index contributed by atoms with van der Waals surface area (Å²) >= 11 is 0. The lowest BCUT2D eigenvalue weighted by Gasteiger charge is -2.32. The van der Waals surface area contributed by atoms with E-state index in [-0.39, 0.29) is 12.1 Å². The van der Waals surface area contributed by atoms with Crippen molar-refractivity contribution in [3.63, 3.8) is 0 Å². The standard InChI is InChI=1S/C18H26N4O/c1-11-5-8-16(12(2)9-11)22-18(20-13(3)21-22)14-6-7-15(19)17(10-14)23-4/h5,8-9,14-15,17H,6-7,10,19H2,1-4H3/t14-,15+,17+/m0/s1. The number of hydrogen-bond donors (Lipinski definition) is 1. The van der Waals surface area contributed by atoms with Gasteiger partial charge in [0.25, 0.3) is 0 Å². The number of nitrogens with zero attached hydrogens (tertiary/aromatic N) is 3. The molecule has 0 amide bonds. The third kappa shape index (κ3) is 3.16. The van der Waals surface area contributed by atoms with Crippen LogP contribution < -0.4 is 5.73 Å². The number of hydrogen-bond acceptors (Lipinski definition) is 4. The van der Waals surface area contributed by atoms with Gasteiger partial charge in [-0.15, -0.1) is 0 Å². The topological polar surface area (TPSA) is 66.0 Å². The van der Waals surface area contributed by atoms with Crippen molar-refractivity contribution in [2.24, 2.45) is 5.73 Å². The highest BCUT2D eigenvalue weighted by Gasteiger charge is 2.32. The van der Waals surface area contributed by atoms with Gasteiger partial charge in [0, 0.05) is 19.1 Å². The van der Waals surface area contributed by atoms with Crippen LogP contribution >= 0.6 is 0 Å². The second kappa shape index (κ2) is 6.42. The molecule has 0 saturated heterocycles. The van der Waals surface area contributed by atoms with Gasteiger partial charge in [-0.2, -0.15) is 5.10 Å². The molecular formula is C18H26N4O. The van der Waals surface area contributed by atoms with Crippen molar-refractivity contribution in [2.75, 3.05) is 7.11 Å². The van der Waals surface area contributed by atoms with E-state index in [1.165, 1.54) is 11.1 Å². The first-order valence-electron chi connectivity index (χ1n) is 8.29. The maximum absolute atomic E-state index is 6.16. The average molecular weight is 314 g/mol. The van der Waals surface area contributed by atoms with Gasteiger partial charge in [-0.3, -0.25) is 0 Å². The molecule has 5 heteroatoms. The number of rotatable bonds is 3. The predicted molar refractivity (Wildman–Crippen MR) is 90.9 cm³/mol. The van der Waals surface area contributed by atoms with E-state index in [1.54, 1.807) is 7.11 Å². The molecule has 1 saturated carbocycles. The Bertz CT molecular complexity index is 694. The quantitative estimate of drug-likeness (QED) is 0.946. The molecule has 2 N–H and O–H groups in total. The Morgan fingerprint density at radius 3 is 2.70 bits per heavy atom. The van der Waals surface area contributed by atoms with Gasteiger partial charge in [0.1, 0.15) is 11.6 Å². The molecule has 1 aliphatic carbocycles. The maximum Gasteiger partial charge on any atom is 0.148 e. The smallest absolute Gasteiger partial charge is 0.148 e. The van der Waals surface area contributed by atoms with E-state index in [1.807, 2.05) is 11.6 Å². The van der Waals surface area contributed by atoms with E-state index in [0.717, 1.165) is 36.6 Å². The Kier molecular flexibility index (Phi) is 4.50. The summed E-state index contributed by atoms with van der Waals surface area (Å²) in [6, 6.07) is 6.56. The second-order valence-electron chi connectivity index (χ2n) is 6.67. The van der Waals surface area contributed by atoms with Crippen LogP contribution in [0, 0.1) is 20.8 Å². The molecule has 124 valence electrons. The minimum atomic E-state index is 0.0957. The molecule has 0 spiro atoms. The van der Waals surface area contributed by atoms with Crippen molar-refractivity contribution in [3.8, 4) is 5.69 Å². The van der Waals surface area contributed by atoms with Crippen LogP contribution in [0.25, 0.3) is 5.69 Å². The van der Waals surface area contributed by atoms with Crippen LogP contribution in [0.15, 0.2) is 18.2 Å². The number of aromatic nitrogens is 3. The number of ether oxygens (including phenoxy) is 1. The van der Waals surface area contributed by atoms with Gasteiger partial charge in [0.2, 0.25) is 0 Å². The van der Waals surface area contributed by atoms with Crippen LogP contribution in [0.4, 0.5) is 0 Å². The van der Waals surface area contributed by atoms with E-state index in [0.29, 0.717) is 5.92 Å². The number of benzene rings is 1. The van der Waals surface area contributed by atoms with Crippen molar-refractivity contribution in [2.45, 2.75) is 58.1 Å². The minimum absolute atomic E-state index is 0.0957. The van der Waals surface area contributed by atoms with Crippen molar-refractivity contribution in [1.29, 1.82) is 0 Å². The lowest BCUT2D eigenvalue weighted by Crippen LogP contribution is -2.41. The largest absolute Gasteiger partial charge is 0.380 e. The summed E-state index contributed by atoms with van der Waals surface area (Å²) in [5.74, 6) is 2.17. The molecule has 2 aromatic rings. The van der Waals surface area contributed by atoms with Crippen LogP contribution in [-0.4, -0.2) is 34.0 Å². The fraction of sp³-hybridized carbons (Fsp3) is 0.556. The molecule has 23 heavy (non-hydrogen) atoms. The molecule has 1 aliphatic rings. The molecule has 1 fully saturated rings. The zero-order valence-corrected chi connectivity index (χ0v) is 14.4. The number of methoxy groups -OCH3 is 1. The van der Waals surface area contributed by atoms with E-state index in [4.69, 9.17) is 15.5 Å². The highest BCUT2D eigenvalue weighted by molar-refractivity contribution is 5.42. The maximum atomic E-state index is 6.16. The molecule has 1 aromatic carbocycles. The summed E-state index contributed by atoms with van der Waals surface area (Å²) in [4.78, 5) is 4.72. The Labute approximate surface area is 137 Å². The molecule has 3 atom stereocenters. The zero-order valence-electron chi connectivity index (χ0n) is 14.4. The van der Waals surface area contributed by atoms with Crippen molar-refractivity contribution in [1.82, 2.24) is 14.8 Å². The van der Waals surface area contributed by atoms with Crippen LogP contribution in [-0.2, 0) is 4.74 Å². The van der Waals surface area contributed by atoms with E-state index < -0.39 is 0 Å². The van der Waals surface area contributed by atoms with Crippen LogP contribution in [0.5, 0.6) is 0 Å². The first-order valence-corrected chi connectivity index (χ1v) is 8.29. The van der Waals surface area contributed by atoms with Crippen LogP contribution in [0.1, 0.15) is 48.0 Å². The first kappa shape index (κ1) is 16.1. The molecule has 1 aromatic heterocycles. The summed E-state index contributed by atoms with van der Waals surface area (Å²) in [7, 11) is 1.74. The van der Waals surface area contributed by atoms with Crippen LogP contribution in [0.2, 0.25) is 0 Å². The lowest BCUT2D eigenvalue weighted by molar-refractivity contribution is 0.0459. The highest BCUT2D eigenvalue weighted by atomic mass is 16.5. The fourth-order valence-electron chi connectivity index (χ4n) is 3.57. The number of nitrogens with two attached hydrogens (primary N) is 1. The first-order chi connectivity index (χ1) is 11.0. The lowest BCUT2D eigenvalue weighted by atomic mass is 9.83. The average Bonchev–Trinajstić information content (AvgIpc) is 2.89.